The van der Waals surface area contributed by atoms with Crippen molar-refractivity contribution in [1.82, 2.24) is 15.1 Å². The molecule has 158 valence electrons. The van der Waals surface area contributed by atoms with Gasteiger partial charge in [-0.1, -0.05) is 23.8 Å². The summed E-state index contributed by atoms with van der Waals surface area (Å²) in [6, 6.07) is 7.84. The maximum absolute atomic E-state index is 13.2. The maximum atomic E-state index is 13.2. The predicted octanol–water partition coefficient (Wildman–Crippen LogP) is 2.24. The highest BCUT2D eigenvalue weighted by atomic mass is 16.5. The fraction of sp³-hybridized carbons (Fsp3) is 0.565. The zero-order chi connectivity index (χ0) is 20.9. The lowest BCUT2D eigenvalue weighted by atomic mass is 9.73. The number of ether oxygens (including phenoxy) is 1. The number of nitrogens with one attached hydrogen (secondary N) is 1. The van der Waals surface area contributed by atoms with Gasteiger partial charge in [-0.05, 0) is 63.9 Å². The number of hydrogen-bond donors (Lipinski definition) is 1. The second kappa shape index (κ2) is 9.44. The van der Waals surface area contributed by atoms with Gasteiger partial charge in [-0.3, -0.25) is 9.59 Å². The van der Waals surface area contributed by atoms with E-state index in [2.05, 4.69) is 11.4 Å². The lowest BCUT2D eigenvalue weighted by Crippen LogP contribution is -2.66. The summed E-state index contributed by atoms with van der Waals surface area (Å²) >= 11 is 0. The molecule has 1 saturated heterocycles. The summed E-state index contributed by atoms with van der Waals surface area (Å²) in [7, 11) is 5.40. The summed E-state index contributed by atoms with van der Waals surface area (Å²) in [5, 5.41) is 3.16. The minimum Gasteiger partial charge on any atom is -0.497 e. The van der Waals surface area contributed by atoms with Crippen LogP contribution in [0.1, 0.15) is 31.2 Å². The van der Waals surface area contributed by atoms with E-state index >= 15 is 0 Å². The summed E-state index contributed by atoms with van der Waals surface area (Å²) in [5.41, 5.74) is 1.79. The average molecular weight is 400 g/mol. The number of rotatable bonds is 8. The Morgan fingerprint density at radius 2 is 2.03 bits per heavy atom. The Morgan fingerprint density at radius 3 is 2.69 bits per heavy atom. The number of likely N-dealkylation sites (tertiary alicyclic amines) is 1. The molecule has 29 heavy (non-hydrogen) atoms. The number of hydrogen-bond acceptors (Lipinski definition) is 4. The Morgan fingerprint density at radius 1 is 1.24 bits per heavy atom. The van der Waals surface area contributed by atoms with E-state index in [1.54, 1.807) is 12.0 Å². The van der Waals surface area contributed by atoms with Crippen LogP contribution in [0.4, 0.5) is 0 Å². The Kier molecular flexibility index (Phi) is 6.96. The van der Waals surface area contributed by atoms with Gasteiger partial charge in [-0.2, -0.15) is 0 Å². The maximum Gasteiger partial charge on any atom is 0.236 e. The molecule has 0 unspecified atom stereocenters. The Bertz CT molecular complexity index is 766. The third-order valence-corrected chi connectivity index (χ3v) is 5.81. The van der Waals surface area contributed by atoms with Crippen LogP contribution in [0.15, 0.2) is 35.9 Å². The number of benzene rings is 1. The minimum atomic E-state index is -0.580. The van der Waals surface area contributed by atoms with Crippen molar-refractivity contribution in [2.75, 3.05) is 47.4 Å². The van der Waals surface area contributed by atoms with E-state index in [1.807, 2.05) is 43.3 Å². The molecule has 1 aromatic carbocycles. The van der Waals surface area contributed by atoms with Crippen LogP contribution >= 0.6 is 0 Å². The molecule has 1 aromatic rings. The van der Waals surface area contributed by atoms with Crippen molar-refractivity contribution in [3.05, 3.63) is 41.5 Å². The van der Waals surface area contributed by atoms with E-state index in [0.29, 0.717) is 32.6 Å². The van der Waals surface area contributed by atoms with Crippen molar-refractivity contribution in [2.24, 2.45) is 5.41 Å². The zero-order valence-electron chi connectivity index (χ0n) is 17.9. The quantitative estimate of drug-likeness (QED) is 0.681. The second-order valence-corrected chi connectivity index (χ2v) is 8.59. The first-order chi connectivity index (χ1) is 13.9. The average Bonchev–Trinajstić information content (AvgIpc) is 2.68. The van der Waals surface area contributed by atoms with Crippen molar-refractivity contribution < 1.29 is 14.3 Å². The van der Waals surface area contributed by atoms with Gasteiger partial charge in [0, 0.05) is 19.6 Å². The smallest absolute Gasteiger partial charge is 0.236 e. The third-order valence-electron chi connectivity index (χ3n) is 5.81. The van der Waals surface area contributed by atoms with Gasteiger partial charge in [-0.25, -0.2) is 0 Å². The van der Waals surface area contributed by atoms with Crippen LogP contribution < -0.4 is 10.1 Å². The molecule has 1 heterocycles. The number of likely N-dealkylation sites (N-methyl/N-ethyl adjacent to an activating group) is 1. The van der Waals surface area contributed by atoms with E-state index in [1.165, 1.54) is 18.4 Å². The standard InChI is InChI=1S/C23H33N3O3/c1-25(2)15-21(27)26-16-23(17-26,13-19-10-7-11-20(12-19)29-3)22(28)24-14-18-8-5-4-6-9-18/h7-8,10-12H,4-6,9,13-17H2,1-3H3,(H,24,28). The van der Waals surface area contributed by atoms with Crippen LogP contribution in [0, 0.1) is 5.41 Å². The van der Waals surface area contributed by atoms with Gasteiger partial charge in [0.2, 0.25) is 11.8 Å². The normalized spacial score (nSPS) is 18.1. The summed E-state index contributed by atoms with van der Waals surface area (Å²) in [6.07, 6.45) is 7.46. The fourth-order valence-electron chi connectivity index (χ4n) is 4.19. The molecule has 3 rings (SSSR count). The molecule has 6 nitrogen and oxygen atoms in total. The molecule has 0 aromatic heterocycles. The van der Waals surface area contributed by atoms with Gasteiger partial charge in [0.05, 0.1) is 19.1 Å². The van der Waals surface area contributed by atoms with Crippen molar-refractivity contribution in [3.8, 4) is 5.75 Å². The van der Waals surface area contributed by atoms with Crippen molar-refractivity contribution >= 4 is 11.8 Å². The van der Waals surface area contributed by atoms with E-state index in [9.17, 15) is 9.59 Å². The topological polar surface area (TPSA) is 61.9 Å². The molecule has 0 radical (unpaired) electrons. The third kappa shape index (κ3) is 5.38. The SMILES string of the molecule is COc1cccc(CC2(C(=O)NCC3=CCCCC3)CN(C(=O)CN(C)C)C2)c1. The Labute approximate surface area is 173 Å². The van der Waals surface area contributed by atoms with Crippen LogP contribution in [0.5, 0.6) is 5.75 Å². The first-order valence-corrected chi connectivity index (χ1v) is 10.4. The number of allylic oxidation sites excluding steroid dienone is 1. The number of amides is 2. The van der Waals surface area contributed by atoms with Crippen LogP contribution in [0.25, 0.3) is 0 Å². The second-order valence-electron chi connectivity index (χ2n) is 8.59. The van der Waals surface area contributed by atoms with E-state index in [0.717, 1.165) is 24.2 Å². The first-order valence-electron chi connectivity index (χ1n) is 10.4. The summed E-state index contributed by atoms with van der Waals surface area (Å²) in [5.74, 6) is 0.894. The molecule has 1 aliphatic carbocycles. The number of methoxy groups -OCH3 is 1. The van der Waals surface area contributed by atoms with Gasteiger partial charge >= 0.3 is 0 Å². The highest BCUT2D eigenvalue weighted by Crippen LogP contribution is 2.35. The predicted molar refractivity (Wildman–Crippen MR) is 114 cm³/mol. The first kappa shape index (κ1) is 21.4. The van der Waals surface area contributed by atoms with Gasteiger partial charge < -0.3 is 19.9 Å². The van der Waals surface area contributed by atoms with Crippen molar-refractivity contribution in [2.45, 2.75) is 32.1 Å². The molecule has 1 aliphatic heterocycles. The molecule has 2 aliphatic rings. The largest absolute Gasteiger partial charge is 0.497 e. The van der Waals surface area contributed by atoms with Gasteiger partial charge in [-0.15, -0.1) is 0 Å². The highest BCUT2D eigenvalue weighted by Gasteiger charge is 2.50. The monoisotopic (exact) mass is 399 g/mol. The molecule has 0 bridgehead atoms. The molecule has 2 amide bonds. The molecule has 1 N–H and O–H groups in total. The van der Waals surface area contributed by atoms with E-state index in [-0.39, 0.29) is 11.8 Å². The summed E-state index contributed by atoms with van der Waals surface area (Å²) in [6.45, 7) is 1.90. The number of carbonyl (C=O) groups excluding carboxylic acids is 2. The molecule has 6 heteroatoms. The van der Waals surface area contributed by atoms with E-state index in [4.69, 9.17) is 4.74 Å². The Hall–Kier alpha value is -2.34. The Balaban J connectivity index is 1.70. The van der Waals surface area contributed by atoms with Crippen LogP contribution in [0.2, 0.25) is 0 Å². The summed E-state index contributed by atoms with van der Waals surface area (Å²) in [4.78, 5) is 29.3. The molecule has 0 spiro atoms. The lowest BCUT2D eigenvalue weighted by molar-refractivity contribution is -0.153. The molecular formula is C23H33N3O3. The van der Waals surface area contributed by atoms with Gasteiger partial charge in [0.25, 0.3) is 0 Å². The summed E-state index contributed by atoms with van der Waals surface area (Å²) < 4.78 is 5.33. The lowest BCUT2D eigenvalue weighted by Gasteiger charge is -2.49. The van der Waals surface area contributed by atoms with E-state index < -0.39 is 5.41 Å². The van der Waals surface area contributed by atoms with Crippen molar-refractivity contribution in [3.63, 3.8) is 0 Å². The highest BCUT2D eigenvalue weighted by molar-refractivity contribution is 5.88. The fourth-order valence-corrected chi connectivity index (χ4v) is 4.19. The molecule has 0 saturated carbocycles. The van der Waals surface area contributed by atoms with Gasteiger partial charge in [0.1, 0.15) is 5.75 Å². The molecule has 0 atom stereocenters. The molecular weight excluding hydrogens is 366 g/mol. The van der Waals surface area contributed by atoms with Crippen molar-refractivity contribution in [1.29, 1.82) is 0 Å². The van der Waals surface area contributed by atoms with Crippen LogP contribution in [-0.4, -0.2) is 69.0 Å². The van der Waals surface area contributed by atoms with Gasteiger partial charge in [0.15, 0.2) is 0 Å². The minimum absolute atomic E-state index is 0.0423. The number of nitrogens with zero attached hydrogens (tertiary/aromatic N) is 2. The van der Waals surface area contributed by atoms with Crippen LogP contribution in [-0.2, 0) is 16.0 Å². The number of carbonyl (C=O) groups is 2. The zero-order valence-corrected chi connectivity index (χ0v) is 17.9. The van der Waals surface area contributed by atoms with Crippen LogP contribution in [0.3, 0.4) is 0 Å². The molecule has 1 fully saturated rings.